The highest BCUT2D eigenvalue weighted by Crippen LogP contribution is 2.31. The number of hydrogen-bond donors (Lipinski definition) is 0. The molecule has 0 unspecified atom stereocenters. The van der Waals surface area contributed by atoms with Crippen molar-refractivity contribution >= 4 is 39.8 Å². The minimum atomic E-state index is -1.36. The number of halogens is 1. The van der Waals surface area contributed by atoms with Crippen molar-refractivity contribution < 1.29 is 42.9 Å². The standard InChI is InChI=1S/C13H17BrO9/c1-5(15)20-8-9(21-6(2)16)11(13(18)19-4)23-12(14)10(8)22-7(3)17/h8-12H,1-4H3/t8-,9-,10+,11-,12-/m1/s1. The molecule has 0 bridgehead atoms. The minimum Gasteiger partial charge on any atom is -0.467 e. The first-order chi connectivity index (χ1) is 10.7. The first kappa shape index (κ1) is 19.4. The Labute approximate surface area is 140 Å². The lowest BCUT2D eigenvalue weighted by Crippen LogP contribution is -2.61. The summed E-state index contributed by atoms with van der Waals surface area (Å²) in [7, 11) is 1.12. The highest BCUT2D eigenvalue weighted by molar-refractivity contribution is 9.09. The van der Waals surface area contributed by atoms with Gasteiger partial charge in [0.1, 0.15) is 0 Å². The van der Waals surface area contributed by atoms with Gasteiger partial charge in [-0.2, -0.15) is 0 Å². The van der Waals surface area contributed by atoms with E-state index in [1.165, 1.54) is 0 Å². The predicted molar refractivity (Wildman–Crippen MR) is 76.3 cm³/mol. The molecule has 5 atom stereocenters. The number of carbonyl (C=O) groups excluding carboxylic acids is 4. The Hall–Kier alpha value is -1.68. The molecule has 130 valence electrons. The van der Waals surface area contributed by atoms with E-state index in [0.717, 1.165) is 27.9 Å². The fourth-order valence-electron chi connectivity index (χ4n) is 2.07. The van der Waals surface area contributed by atoms with Gasteiger partial charge in [-0.1, -0.05) is 15.9 Å². The lowest BCUT2D eigenvalue weighted by atomic mass is 9.99. The molecule has 0 aromatic heterocycles. The summed E-state index contributed by atoms with van der Waals surface area (Å²) >= 11 is 3.11. The highest BCUT2D eigenvalue weighted by atomic mass is 79.9. The number of ether oxygens (including phenoxy) is 5. The van der Waals surface area contributed by atoms with Gasteiger partial charge in [-0.3, -0.25) is 14.4 Å². The molecule has 1 rings (SSSR count). The van der Waals surface area contributed by atoms with Crippen molar-refractivity contribution in [3.63, 3.8) is 0 Å². The Bertz CT molecular complexity index is 492. The summed E-state index contributed by atoms with van der Waals surface area (Å²) in [5.74, 6) is -2.95. The third-order valence-electron chi connectivity index (χ3n) is 2.82. The number of methoxy groups -OCH3 is 1. The van der Waals surface area contributed by atoms with Gasteiger partial charge in [0.05, 0.1) is 7.11 Å². The molecule has 0 aromatic rings. The van der Waals surface area contributed by atoms with Gasteiger partial charge in [0.2, 0.25) is 0 Å². The Morgan fingerprint density at radius 1 is 0.826 bits per heavy atom. The molecule has 1 fully saturated rings. The lowest BCUT2D eigenvalue weighted by molar-refractivity contribution is -0.234. The van der Waals surface area contributed by atoms with Crippen LogP contribution >= 0.6 is 15.9 Å². The van der Waals surface area contributed by atoms with Crippen LogP contribution in [0.3, 0.4) is 0 Å². The Morgan fingerprint density at radius 2 is 1.26 bits per heavy atom. The summed E-state index contributed by atoms with van der Waals surface area (Å²) in [6.07, 6.45) is -5.06. The first-order valence-electron chi connectivity index (χ1n) is 6.56. The molecule has 0 radical (unpaired) electrons. The fourth-order valence-corrected chi connectivity index (χ4v) is 2.71. The number of esters is 4. The van der Waals surface area contributed by atoms with Crippen molar-refractivity contribution in [2.45, 2.75) is 50.2 Å². The van der Waals surface area contributed by atoms with Gasteiger partial charge in [-0.05, 0) is 0 Å². The normalized spacial score (nSPS) is 30.0. The molecule has 0 aliphatic carbocycles. The number of alkyl halides is 1. The Balaban J connectivity index is 3.21. The van der Waals surface area contributed by atoms with Crippen molar-refractivity contribution in [2.24, 2.45) is 0 Å². The van der Waals surface area contributed by atoms with Gasteiger partial charge in [-0.25, -0.2) is 4.79 Å². The van der Waals surface area contributed by atoms with E-state index in [4.69, 9.17) is 18.9 Å². The second kappa shape index (κ2) is 8.25. The summed E-state index contributed by atoms with van der Waals surface area (Å²) in [5, 5.41) is -0.980. The molecule has 1 heterocycles. The number of rotatable bonds is 4. The molecule has 0 spiro atoms. The maximum atomic E-state index is 11.9. The van der Waals surface area contributed by atoms with E-state index < -0.39 is 53.3 Å². The third kappa shape index (κ3) is 5.17. The van der Waals surface area contributed by atoms with Gasteiger partial charge in [-0.15, -0.1) is 0 Å². The summed E-state index contributed by atoms with van der Waals surface area (Å²) in [6, 6.07) is 0. The fraction of sp³-hybridized carbons (Fsp3) is 0.692. The SMILES string of the molecule is COC(=O)[C@@H]1O[C@@H](Br)[C@@H](OC(C)=O)[C@H](OC(C)=O)[C@H]1OC(C)=O. The minimum absolute atomic E-state index is 0.668. The second-order valence-electron chi connectivity index (χ2n) is 4.65. The summed E-state index contributed by atoms with van der Waals surface area (Å²) < 4.78 is 25.2. The van der Waals surface area contributed by atoms with Crippen LogP contribution < -0.4 is 0 Å². The zero-order valence-corrected chi connectivity index (χ0v) is 14.5. The van der Waals surface area contributed by atoms with Gasteiger partial charge in [0.25, 0.3) is 0 Å². The second-order valence-corrected chi connectivity index (χ2v) is 5.56. The van der Waals surface area contributed by atoms with Gasteiger partial charge in [0.15, 0.2) is 29.4 Å². The Morgan fingerprint density at radius 3 is 1.70 bits per heavy atom. The van der Waals surface area contributed by atoms with E-state index in [-0.39, 0.29) is 0 Å². The van der Waals surface area contributed by atoms with Crippen LogP contribution in [0.4, 0.5) is 0 Å². The molecule has 1 aliphatic rings. The van der Waals surface area contributed by atoms with Gasteiger partial charge < -0.3 is 23.7 Å². The molecule has 10 heteroatoms. The lowest BCUT2D eigenvalue weighted by Gasteiger charge is -2.41. The topological polar surface area (TPSA) is 114 Å². The van der Waals surface area contributed by atoms with Gasteiger partial charge in [0, 0.05) is 20.8 Å². The average molecular weight is 397 g/mol. The van der Waals surface area contributed by atoms with Crippen molar-refractivity contribution in [3.05, 3.63) is 0 Å². The highest BCUT2D eigenvalue weighted by Gasteiger charge is 2.53. The van der Waals surface area contributed by atoms with E-state index in [1.807, 2.05) is 0 Å². The third-order valence-corrected chi connectivity index (χ3v) is 3.56. The van der Waals surface area contributed by atoms with Crippen molar-refractivity contribution in [2.75, 3.05) is 7.11 Å². The monoisotopic (exact) mass is 396 g/mol. The van der Waals surface area contributed by atoms with E-state index >= 15 is 0 Å². The van der Waals surface area contributed by atoms with Crippen molar-refractivity contribution in [1.82, 2.24) is 0 Å². The molecule has 1 aliphatic heterocycles. The summed E-state index contributed by atoms with van der Waals surface area (Å²) in [6.45, 7) is 3.39. The molecule has 0 amide bonds. The zero-order valence-electron chi connectivity index (χ0n) is 12.9. The molecule has 0 N–H and O–H groups in total. The molecule has 9 nitrogen and oxygen atoms in total. The molecule has 1 saturated heterocycles. The summed E-state index contributed by atoms with van der Waals surface area (Å²) in [5.41, 5.74) is 0. The van der Waals surface area contributed by atoms with Crippen LogP contribution in [0.1, 0.15) is 20.8 Å². The van der Waals surface area contributed by atoms with E-state index in [9.17, 15) is 19.2 Å². The van der Waals surface area contributed by atoms with Crippen LogP contribution in [0.2, 0.25) is 0 Å². The number of hydrogen-bond acceptors (Lipinski definition) is 9. The van der Waals surface area contributed by atoms with Crippen LogP contribution in [-0.2, 0) is 42.9 Å². The van der Waals surface area contributed by atoms with E-state index in [0.29, 0.717) is 0 Å². The van der Waals surface area contributed by atoms with E-state index in [2.05, 4.69) is 20.7 Å². The van der Waals surface area contributed by atoms with Crippen LogP contribution in [-0.4, -0.2) is 60.4 Å². The molecule has 0 saturated carbocycles. The first-order valence-corrected chi connectivity index (χ1v) is 7.48. The maximum Gasteiger partial charge on any atom is 0.339 e. The maximum absolute atomic E-state index is 11.9. The van der Waals surface area contributed by atoms with Crippen LogP contribution in [0.15, 0.2) is 0 Å². The zero-order chi connectivity index (χ0) is 17.7. The molecule has 0 aromatic carbocycles. The average Bonchev–Trinajstić information content (AvgIpc) is 2.43. The van der Waals surface area contributed by atoms with Crippen LogP contribution in [0, 0.1) is 0 Å². The van der Waals surface area contributed by atoms with Crippen LogP contribution in [0.5, 0.6) is 0 Å². The van der Waals surface area contributed by atoms with Crippen LogP contribution in [0.25, 0.3) is 0 Å². The van der Waals surface area contributed by atoms with Crippen molar-refractivity contribution in [1.29, 1.82) is 0 Å². The quantitative estimate of drug-likeness (QED) is 0.369. The molecular formula is C13H17BrO9. The van der Waals surface area contributed by atoms with E-state index in [1.54, 1.807) is 0 Å². The van der Waals surface area contributed by atoms with Gasteiger partial charge >= 0.3 is 23.9 Å². The number of carbonyl (C=O) groups is 4. The Kier molecular flexibility index (Phi) is 6.95. The molecular weight excluding hydrogens is 380 g/mol. The molecule has 23 heavy (non-hydrogen) atoms. The predicted octanol–water partition coefficient (Wildman–Crippen LogP) is 0.0743. The smallest absolute Gasteiger partial charge is 0.339 e. The largest absolute Gasteiger partial charge is 0.467 e. The van der Waals surface area contributed by atoms with Crippen molar-refractivity contribution in [3.8, 4) is 0 Å². The summed E-state index contributed by atoms with van der Waals surface area (Å²) in [4.78, 5) is 45.8.